The summed E-state index contributed by atoms with van der Waals surface area (Å²) in [6, 6.07) is 0. The zero-order valence-electron chi connectivity index (χ0n) is 6.23. The van der Waals surface area contributed by atoms with Gasteiger partial charge < -0.3 is 0 Å². The first-order valence-electron chi connectivity index (χ1n) is 3.48. The Morgan fingerprint density at radius 2 is 2.00 bits per heavy atom. The molecule has 1 heteroatoms. The molecular formula is C8H15Br. The molecule has 0 spiro atoms. The summed E-state index contributed by atoms with van der Waals surface area (Å²) in [5, 5.41) is 1.08. The van der Waals surface area contributed by atoms with E-state index in [0.717, 1.165) is 17.7 Å². The minimum absolute atomic E-state index is 0.802. The maximum atomic E-state index is 3.37. The molecule has 0 saturated carbocycles. The molecule has 0 fully saturated rings. The van der Waals surface area contributed by atoms with Crippen molar-refractivity contribution in [3.8, 4) is 0 Å². The smallest absolute Gasteiger partial charge is 0.00659 e. The third kappa shape index (κ3) is 8.22. The molecule has 0 heterocycles. The van der Waals surface area contributed by atoms with Gasteiger partial charge in [0.1, 0.15) is 0 Å². The molecule has 0 nitrogen and oxygen atoms in total. The Balaban J connectivity index is 3.04. The fraction of sp³-hybridized carbons (Fsp3) is 0.750. The highest BCUT2D eigenvalue weighted by molar-refractivity contribution is 9.09. The minimum atomic E-state index is 0.802. The molecule has 9 heavy (non-hydrogen) atoms. The molecule has 0 atom stereocenters. The van der Waals surface area contributed by atoms with Crippen LogP contribution in [0.4, 0.5) is 0 Å². The summed E-state index contributed by atoms with van der Waals surface area (Å²) in [4.78, 5) is 0. The number of rotatable bonds is 4. The largest absolute Gasteiger partial charge is 0.0925 e. The standard InChI is InChI=1S/C8H15Br/c1-8(2)6-4-3-5-7-9/h3-4,8H,5-7H2,1-2H3/b4-3+. The SMILES string of the molecule is CC(C)C/C=C/CCBr. The van der Waals surface area contributed by atoms with Gasteiger partial charge in [-0.15, -0.1) is 0 Å². The van der Waals surface area contributed by atoms with E-state index in [1.54, 1.807) is 0 Å². The van der Waals surface area contributed by atoms with Crippen LogP contribution >= 0.6 is 15.9 Å². The lowest BCUT2D eigenvalue weighted by atomic mass is 10.1. The summed E-state index contributed by atoms with van der Waals surface area (Å²) in [7, 11) is 0. The van der Waals surface area contributed by atoms with Crippen LogP contribution in [0.3, 0.4) is 0 Å². The summed E-state index contributed by atoms with van der Waals surface area (Å²) < 4.78 is 0. The maximum absolute atomic E-state index is 3.37. The van der Waals surface area contributed by atoms with Crippen LogP contribution in [0.15, 0.2) is 12.2 Å². The first-order valence-corrected chi connectivity index (χ1v) is 4.60. The molecule has 0 amide bonds. The Hall–Kier alpha value is 0.220. The van der Waals surface area contributed by atoms with E-state index in [1.807, 2.05) is 0 Å². The second-order valence-electron chi connectivity index (χ2n) is 2.58. The van der Waals surface area contributed by atoms with Crippen LogP contribution < -0.4 is 0 Å². The molecule has 0 unspecified atom stereocenters. The number of hydrogen-bond acceptors (Lipinski definition) is 0. The van der Waals surface area contributed by atoms with Crippen LogP contribution in [-0.4, -0.2) is 5.33 Å². The van der Waals surface area contributed by atoms with Crippen molar-refractivity contribution < 1.29 is 0 Å². The van der Waals surface area contributed by atoms with Gasteiger partial charge in [0.25, 0.3) is 0 Å². The second-order valence-corrected chi connectivity index (χ2v) is 3.37. The van der Waals surface area contributed by atoms with Gasteiger partial charge in [-0.1, -0.05) is 41.9 Å². The molecule has 0 bridgehead atoms. The molecule has 0 aromatic carbocycles. The number of halogens is 1. The van der Waals surface area contributed by atoms with Gasteiger partial charge in [-0.2, -0.15) is 0 Å². The van der Waals surface area contributed by atoms with Crippen molar-refractivity contribution >= 4 is 15.9 Å². The molecule has 0 aliphatic carbocycles. The van der Waals surface area contributed by atoms with Gasteiger partial charge >= 0.3 is 0 Å². The van der Waals surface area contributed by atoms with Gasteiger partial charge in [-0.05, 0) is 18.8 Å². The predicted octanol–water partition coefficient (Wildman–Crippen LogP) is 3.37. The van der Waals surface area contributed by atoms with Crippen LogP contribution in [0.1, 0.15) is 26.7 Å². The van der Waals surface area contributed by atoms with E-state index in [0.29, 0.717) is 0 Å². The number of allylic oxidation sites excluding steroid dienone is 2. The summed E-state index contributed by atoms with van der Waals surface area (Å²) in [5.74, 6) is 0.802. The lowest BCUT2D eigenvalue weighted by molar-refractivity contribution is 0.662. The van der Waals surface area contributed by atoms with Crippen LogP contribution in [0.25, 0.3) is 0 Å². The lowest BCUT2D eigenvalue weighted by Gasteiger charge is -1.95. The molecule has 0 aliphatic rings. The molecule has 0 saturated heterocycles. The molecule has 0 radical (unpaired) electrons. The van der Waals surface area contributed by atoms with Crippen molar-refractivity contribution in [3.05, 3.63) is 12.2 Å². The monoisotopic (exact) mass is 190 g/mol. The minimum Gasteiger partial charge on any atom is -0.0925 e. The fourth-order valence-electron chi connectivity index (χ4n) is 0.549. The quantitative estimate of drug-likeness (QED) is 0.472. The first kappa shape index (κ1) is 9.22. The van der Waals surface area contributed by atoms with Crippen molar-refractivity contribution in [2.75, 3.05) is 5.33 Å². The Bertz CT molecular complexity index is 74.6. The van der Waals surface area contributed by atoms with Crippen LogP contribution in [0.2, 0.25) is 0 Å². The van der Waals surface area contributed by atoms with E-state index in [-0.39, 0.29) is 0 Å². The third-order valence-electron chi connectivity index (χ3n) is 1.05. The lowest BCUT2D eigenvalue weighted by Crippen LogP contribution is -1.80. The van der Waals surface area contributed by atoms with E-state index in [1.165, 1.54) is 6.42 Å². The van der Waals surface area contributed by atoms with Gasteiger partial charge in [0.15, 0.2) is 0 Å². The van der Waals surface area contributed by atoms with Crippen molar-refractivity contribution in [1.29, 1.82) is 0 Å². The highest BCUT2D eigenvalue weighted by atomic mass is 79.9. The van der Waals surface area contributed by atoms with Crippen molar-refractivity contribution in [3.63, 3.8) is 0 Å². The van der Waals surface area contributed by atoms with Gasteiger partial charge in [0.05, 0.1) is 0 Å². The van der Waals surface area contributed by atoms with Gasteiger partial charge in [0.2, 0.25) is 0 Å². The van der Waals surface area contributed by atoms with Crippen molar-refractivity contribution in [2.45, 2.75) is 26.7 Å². The topological polar surface area (TPSA) is 0 Å². The predicted molar refractivity (Wildman–Crippen MR) is 47.0 cm³/mol. The Morgan fingerprint density at radius 1 is 1.33 bits per heavy atom. The average Bonchev–Trinajstić information content (AvgIpc) is 1.80. The van der Waals surface area contributed by atoms with Crippen molar-refractivity contribution in [1.82, 2.24) is 0 Å². The molecule has 0 aromatic rings. The fourth-order valence-corrected chi connectivity index (χ4v) is 0.814. The van der Waals surface area contributed by atoms with Crippen molar-refractivity contribution in [2.24, 2.45) is 5.92 Å². The van der Waals surface area contributed by atoms with Gasteiger partial charge in [-0.3, -0.25) is 0 Å². The number of alkyl halides is 1. The maximum Gasteiger partial charge on any atom is 0.00659 e. The Morgan fingerprint density at radius 3 is 2.44 bits per heavy atom. The summed E-state index contributed by atoms with van der Waals surface area (Å²) in [6.07, 6.45) is 6.86. The molecule has 0 aromatic heterocycles. The van der Waals surface area contributed by atoms with E-state index >= 15 is 0 Å². The zero-order chi connectivity index (χ0) is 7.11. The third-order valence-corrected chi connectivity index (χ3v) is 1.51. The first-order chi connectivity index (χ1) is 4.27. The average molecular weight is 191 g/mol. The van der Waals surface area contributed by atoms with Crippen LogP contribution in [0.5, 0.6) is 0 Å². The molecule has 0 N–H and O–H groups in total. The van der Waals surface area contributed by atoms with E-state index in [9.17, 15) is 0 Å². The Labute approximate surface area is 66.5 Å². The van der Waals surface area contributed by atoms with Gasteiger partial charge in [0, 0.05) is 5.33 Å². The van der Waals surface area contributed by atoms with Crippen LogP contribution in [0, 0.1) is 5.92 Å². The highest BCUT2D eigenvalue weighted by Gasteiger charge is 1.85. The summed E-state index contributed by atoms with van der Waals surface area (Å²) in [6.45, 7) is 4.47. The molecular weight excluding hydrogens is 176 g/mol. The van der Waals surface area contributed by atoms with Crippen LogP contribution in [-0.2, 0) is 0 Å². The second kappa shape index (κ2) is 6.34. The summed E-state index contributed by atoms with van der Waals surface area (Å²) in [5.41, 5.74) is 0. The molecule has 0 rings (SSSR count). The summed E-state index contributed by atoms with van der Waals surface area (Å²) >= 11 is 3.37. The highest BCUT2D eigenvalue weighted by Crippen LogP contribution is 2.00. The van der Waals surface area contributed by atoms with E-state index in [2.05, 4.69) is 41.9 Å². The van der Waals surface area contributed by atoms with E-state index < -0.39 is 0 Å². The number of hydrogen-bond donors (Lipinski definition) is 0. The normalized spacial score (nSPS) is 11.6. The molecule has 0 aliphatic heterocycles. The van der Waals surface area contributed by atoms with E-state index in [4.69, 9.17) is 0 Å². The zero-order valence-corrected chi connectivity index (χ0v) is 7.82. The Kier molecular flexibility index (Phi) is 6.50. The van der Waals surface area contributed by atoms with Gasteiger partial charge in [-0.25, -0.2) is 0 Å². The molecule has 54 valence electrons.